The maximum absolute atomic E-state index is 11.9. The number of hydrogen-bond acceptors (Lipinski definition) is 4. The molecule has 4 nitrogen and oxygen atoms in total. The number of fused-ring (bicyclic) bond motifs is 2. The Labute approximate surface area is 101 Å². The second kappa shape index (κ2) is 4.17. The predicted molar refractivity (Wildman–Crippen MR) is 61.1 cm³/mol. The van der Waals surface area contributed by atoms with E-state index in [1.807, 2.05) is 0 Å². The van der Waals surface area contributed by atoms with Gasteiger partial charge in [0.1, 0.15) is 11.7 Å². The molecule has 3 unspecified atom stereocenters. The summed E-state index contributed by atoms with van der Waals surface area (Å²) in [5.41, 5.74) is -0.831. The van der Waals surface area contributed by atoms with Crippen LogP contribution in [0.4, 0.5) is 0 Å². The molecule has 0 amide bonds. The fourth-order valence-corrected chi connectivity index (χ4v) is 3.03. The molecule has 2 rings (SSSR count). The number of ether oxygens (including phenoxy) is 2. The molecule has 0 spiro atoms. The SMILES string of the molecule is C=CC(=O)OC(C)(C)C1C(=O)OC2CCC1C2. The summed E-state index contributed by atoms with van der Waals surface area (Å²) in [5.74, 6) is -0.812. The molecule has 1 saturated carbocycles. The molecule has 1 aliphatic heterocycles. The molecule has 0 aromatic heterocycles. The molecule has 1 saturated heterocycles. The van der Waals surface area contributed by atoms with Crippen molar-refractivity contribution in [3.05, 3.63) is 12.7 Å². The summed E-state index contributed by atoms with van der Waals surface area (Å²) < 4.78 is 10.6. The molecular formula is C13H18O4. The molecule has 1 heterocycles. The van der Waals surface area contributed by atoms with Crippen LogP contribution in [-0.2, 0) is 19.1 Å². The molecule has 0 N–H and O–H groups in total. The van der Waals surface area contributed by atoms with Gasteiger partial charge in [0.2, 0.25) is 0 Å². The number of carbonyl (C=O) groups is 2. The Morgan fingerprint density at radius 2 is 2.24 bits per heavy atom. The molecule has 0 radical (unpaired) electrons. The summed E-state index contributed by atoms with van der Waals surface area (Å²) in [4.78, 5) is 23.2. The van der Waals surface area contributed by atoms with Crippen molar-refractivity contribution in [2.45, 2.75) is 44.8 Å². The van der Waals surface area contributed by atoms with E-state index in [1.165, 1.54) is 0 Å². The Kier molecular flexibility index (Phi) is 2.98. The van der Waals surface area contributed by atoms with E-state index in [1.54, 1.807) is 13.8 Å². The largest absolute Gasteiger partial charge is 0.462 e. The smallest absolute Gasteiger partial charge is 0.330 e. The topological polar surface area (TPSA) is 52.6 Å². The van der Waals surface area contributed by atoms with E-state index in [2.05, 4.69) is 6.58 Å². The highest BCUT2D eigenvalue weighted by molar-refractivity contribution is 5.82. The fraction of sp³-hybridized carbons (Fsp3) is 0.692. The van der Waals surface area contributed by atoms with Gasteiger partial charge in [-0.2, -0.15) is 0 Å². The molecule has 17 heavy (non-hydrogen) atoms. The predicted octanol–water partition coefficient (Wildman–Crippen LogP) is 1.84. The number of rotatable bonds is 3. The van der Waals surface area contributed by atoms with Gasteiger partial charge in [0, 0.05) is 6.08 Å². The minimum absolute atomic E-state index is 0.0784. The summed E-state index contributed by atoms with van der Waals surface area (Å²) >= 11 is 0. The van der Waals surface area contributed by atoms with Crippen LogP contribution in [0, 0.1) is 11.8 Å². The van der Waals surface area contributed by atoms with Crippen LogP contribution in [-0.4, -0.2) is 23.6 Å². The van der Waals surface area contributed by atoms with Gasteiger partial charge in [-0.15, -0.1) is 0 Å². The lowest BCUT2D eigenvalue weighted by Gasteiger charge is -2.38. The van der Waals surface area contributed by atoms with Crippen LogP contribution >= 0.6 is 0 Å². The summed E-state index contributed by atoms with van der Waals surface area (Å²) in [5, 5.41) is 0. The molecule has 3 atom stereocenters. The Balaban J connectivity index is 2.16. The zero-order valence-corrected chi connectivity index (χ0v) is 10.3. The van der Waals surface area contributed by atoms with Crippen molar-refractivity contribution in [1.82, 2.24) is 0 Å². The second-order valence-corrected chi connectivity index (χ2v) is 5.34. The molecule has 1 aliphatic carbocycles. The highest BCUT2D eigenvalue weighted by atomic mass is 16.6. The van der Waals surface area contributed by atoms with Crippen molar-refractivity contribution < 1.29 is 19.1 Å². The highest BCUT2D eigenvalue weighted by Crippen LogP contribution is 2.44. The average Bonchev–Trinajstić information content (AvgIpc) is 2.59. The highest BCUT2D eigenvalue weighted by Gasteiger charge is 2.51. The number of esters is 2. The molecule has 94 valence electrons. The van der Waals surface area contributed by atoms with Crippen LogP contribution in [0.15, 0.2) is 12.7 Å². The van der Waals surface area contributed by atoms with E-state index >= 15 is 0 Å². The van der Waals surface area contributed by atoms with Crippen LogP contribution in [0.3, 0.4) is 0 Å². The van der Waals surface area contributed by atoms with Crippen molar-refractivity contribution in [1.29, 1.82) is 0 Å². The Hall–Kier alpha value is -1.32. The van der Waals surface area contributed by atoms with Gasteiger partial charge in [-0.05, 0) is 39.0 Å². The fourth-order valence-electron chi connectivity index (χ4n) is 3.03. The standard InChI is InChI=1S/C13H18O4/c1-4-10(14)17-13(2,3)11-8-5-6-9(7-8)16-12(11)15/h4,8-9,11H,1,5-7H2,2-3H3. The minimum Gasteiger partial charge on any atom is -0.462 e. The van der Waals surface area contributed by atoms with Crippen LogP contribution in [0.5, 0.6) is 0 Å². The van der Waals surface area contributed by atoms with Gasteiger partial charge in [0.25, 0.3) is 0 Å². The summed E-state index contributed by atoms with van der Waals surface area (Å²) in [6, 6.07) is 0. The van der Waals surface area contributed by atoms with Crippen LogP contribution in [0.2, 0.25) is 0 Å². The molecule has 0 aromatic rings. The third-order valence-corrected chi connectivity index (χ3v) is 3.71. The second-order valence-electron chi connectivity index (χ2n) is 5.34. The first kappa shape index (κ1) is 12.1. The summed E-state index contributed by atoms with van der Waals surface area (Å²) in [7, 11) is 0. The van der Waals surface area contributed by atoms with Crippen LogP contribution in [0.1, 0.15) is 33.1 Å². The van der Waals surface area contributed by atoms with Crippen molar-refractivity contribution in [2.75, 3.05) is 0 Å². The Morgan fingerprint density at radius 3 is 2.88 bits per heavy atom. The minimum atomic E-state index is -0.831. The van der Waals surface area contributed by atoms with Gasteiger partial charge in [-0.25, -0.2) is 4.79 Å². The first-order chi connectivity index (χ1) is 7.94. The van der Waals surface area contributed by atoms with Gasteiger partial charge in [0.15, 0.2) is 0 Å². The van der Waals surface area contributed by atoms with E-state index < -0.39 is 11.6 Å². The van der Waals surface area contributed by atoms with E-state index in [0.29, 0.717) is 0 Å². The summed E-state index contributed by atoms with van der Waals surface area (Å²) in [6.45, 7) is 6.89. The molecule has 2 bridgehead atoms. The van der Waals surface area contributed by atoms with Gasteiger partial charge in [-0.3, -0.25) is 4.79 Å². The first-order valence-corrected chi connectivity index (χ1v) is 6.00. The molecule has 2 aliphatic rings. The van der Waals surface area contributed by atoms with Gasteiger partial charge < -0.3 is 9.47 Å². The molecule has 2 fully saturated rings. The summed E-state index contributed by atoms with van der Waals surface area (Å²) in [6.07, 6.45) is 3.99. The zero-order chi connectivity index (χ0) is 12.6. The number of hydrogen-bond donors (Lipinski definition) is 0. The van der Waals surface area contributed by atoms with E-state index in [-0.39, 0.29) is 23.9 Å². The zero-order valence-electron chi connectivity index (χ0n) is 10.3. The van der Waals surface area contributed by atoms with Crippen molar-refractivity contribution in [3.8, 4) is 0 Å². The Morgan fingerprint density at radius 1 is 1.53 bits per heavy atom. The van der Waals surface area contributed by atoms with Crippen molar-refractivity contribution in [3.63, 3.8) is 0 Å². The van der Waals surface area contributed by atoms with Gasteiger partial charge >= 0.3 is 11.9 Å². The van der Waals surface area contributed by atoms with Crippen molar-refractivity contribution >= 4 is 11.9 Å². The normalized spacial score (nSPS) is 31.9. The van der Waals surface area contributed by atoms with E-state index in [9.17, 15) is 9.59 Å². The van der Waals surface area contributed by atoms with E-state index in [0.717, 1.165) is 25.3 Å². The van der Waals surface area contributed by atoms with Crippen LogP contribution < -0.4 is 0 Å². The third kappa shape index (κ3) is 2.21. The molecule has 0 aromatic carbocycles. The lowest BCUT2D eigenvalue weighted by molar-refractivity contribution is -0.180. The van der Waals surface area contributed by atoms with Crippen LogP contribution in [0.25, 0.3) is 0 Å². The third-order valence-electron chi connectivity index (χ3n) is 3.71. The molecule has 4 heteroatoms. The van der Waals surface area contributed by atoms with Gasteiger partial charge in [-0.1, -0.05) is 6.58 Å². The van der Waals surface area contributed by atoms with Crippen molar-refractivity contribution in [2.24, 2.45) is 11.8 Å². The average molecular weight is 238 g/mol. The maximum atomic E-state index is 11.9. The lowest BCUT2D eigenvalue weighted by atomic mass is 9.78. The lowest BCUT2D eigenvalue weighted by Crippen LogP contribution is -2.48. The quantitative estimate of drug-likeness (QED) is 0.556. The maximum Gasteiger partial charge on any atom is 0.330 e. The molecular weight excluding hydrogens is 220 g/mol. The Bertz CT molecular complexity index is 358. The van der Waals surface area contributed by atoms with Gasteiger partial charge in [0.05, 0.1) is 5.92 Å². The van der Waals surface area contributed by atoms with E-state index in [4.69, 9.17) is 9.47 Å². The monoisotopic (exact) mass is 238 g/mol. The first-order valence-electron chi connectivity index (χ1n) is 6.00. The number of carbonyl (C=O) groups excluding carboxylic acids is 2.